The van der Waals surface area contributed by atoms with E-state index in [1.807, 2.05) is 17.4 Å². The molecular weight excluding hydrogens is 717 g/mol. The lowest BCUT2D eigenvalue weighted by Gasteiger charge is -2.32. The topological polar surface area (TPSA) is 54.5 Å². The molecule has 2 atom stereocenters. The van der Waals surface area contributed by atoms with Crippen molar-refractivity contribution < 1.29 is 4.42 Å². The van der Waals surface area contributed by atoms with Crippen molar-refractivity contribution in [2.75, 3.05) is 0 Å². The third kappa shape index (κ3) is 5.15. The molecule has 5 nitrogen and oxygen atoms in total. The first-order chi connectivity index (χ1) is 28.2. The molecule has 4 heterocycles. The summed E-state index contributed by atoms with van der Waals surface area (Å²) in [6, 6.07) is 64.8. The third-order valence-electron chi connectivity index (χ3n) is 11.5. The normalized spacial score (nSPS) is 15.9. The van der Waals surface area contributed by atoms with Gasteiger partial charge in [-0.2, -0.15) is 0 Å². The fraction of sp³-hybridized carbons (Fsp3) is 0.0392. The summed E-state index contributed by atoms with van der Waals surface area (Å²) in [6.45, 7) is 0. The van der Waals surface area contributed by atoms with Crippen molar-refractivity contribution in [2.24, 2.45) is 4.99 Å². The predicted molar refractivity (Wildman–Crippen MR) is 238 cm³/mol. The minimum absolute atomic E-state index is 0.0948. The summed E-state index contributed by atoms with van der Waals surface area (Å²) >= 11 is 1.84. The number of para-hydroxylation sites is 3. The van der Waals surface area contributed by atoms with Crippen LogP contribution in [0.2, 0.25) is 0 Å². The first-order valence-corrected chi connectivity index (χ1v) is 20.2. The molecule has 0 spiro atoms. The molecule has 12 rings (SSSR count). The van der Waals surface area contributed by atoms with Gasteiger partial charge < -0.3 is 14.3 Å². The van der Waals surface area contributed by atoms with Gasteiger partial charge in [0.15, 0.2) is 5.58 Å². The monoisotopic (exact) mass is 750 g/mol. The van der Waals surface area contributed by atoms with Gasteiger partial charge in [0, 0.05) is 52.8 Å². The number of hydrogen-bond donors (Lipinski definition) is 2. The zero-order chi connectivity index (χ0) is 37.5. The molecule has 57 heavy (non-hydrogen) atoms. The van der Waals surface area contributed by atoms with Crippen LogP contribution in [0.3, 0.4) is 0 Å². The highest BCUT2D eigenvalue weighted by Crippen LogP contribution is 2.43. The number of fused-ring (bicyclic) bond motifs is 9. The summed E-state index contributed by atoms with van der Waals surface area (Å²) in [5.74, 6) is 0.886. The number of furan rings is 1. The van der Waals surface area contributed by atoms with Crippen molar-refractivity contribution in [2.45, 2.75) is 12.3 Å². The van der Waals surface area contributed by atoms with Crippen molar-refractivity contribution in [3.63, 3.8) is 0 Å². The van der Waals surface area contributed by atoms with E-state index in [1.165, 1.54) is 58.7 Å². The predicted octanol–water partition coefficient (Wildman–Crippen LogP) is 13.1. The van der Waals surface area contributed by atoms with Crippen LogP contribution in [0.15, 0.2) is 191 Å². The quantitative estimate of drug-likeness (QED) is 0.184. The van der Waals surface area contributed by atoms with Crippen LogP contribution in [-0.2, 0) is 0 Å². The molecule has 11 aromatic rings. The van der Waals surface area contributed by atoms with E-state index in [1.54, 1.807) is 0 Å². The Morgan fingerprint density at radius 2 is 1.21 bits per heavy atom. The molecule has 2 unspecified atom stereocenters. The summed E-state index contributed by atoms with van der Waals surface area (Å²) in [5.41, 5.74) is 10.9. The molecule has 1 aliphatic heterocycles. The average molecular weight is 751 g/mol. The van der Waals surface area contributed by atoms with Crippen LogP contribution in [0.4, 0.5) is 0 Å². The SMILES string of the molecule is c1ccc(C2=NC(c3cccc4sc5cc(-c6ccc7oc8c(-n9c%10ccccc%10c%10ccccc%109)cccc8c7c6)ccc5c34)NC(c3ccccc3)N2)cc1. The van der Waals surface area contributed by atoms with Crippen molar-refractivity contribution >= 4 is 81.1 Å². The number of nitrogens with one attached hydrogen (secondary N) is 2. The Kier molecular flexibility index (Phi) is 7.24. The molecule has 270 valence electrons. The maximum absolute atomic E-state index is 6.71. The van der Waals surface area contributed by atoms with Gasteiger partial charge in [0.25, 0.3) is 0 Å². The molecular formula is C51H34N4OS. The lowest BCUT2D eigenvalue weighted by atomic mass is 9.99. The van der Waals surface area contributed by atoms with E-state index in [9.17, 15) is 0 Å². The minimum atomic E-state index is -0.239. The zero-order valence-electron chi connectivity index (χ0n) is 30.7. The molecule has 0 aliphatic carbocycles. The minimum Gasteiger partial charge on any atom is -0.454 e. The Hall–Kier alpha value is -6.99. The maximum atomic E-state index is 6.71. The summed E-state index contributed by atoms with van der Waals surface area (Å²) in [7, 11) is 0. The van der Waals surface area contributed by atoms with E-state index in [0.717, 1.165) is 44.6 Å². The Labute approximate surface area is 332 Å². The van der Waals surface area contributed by atoms with Gasteiger partial charge in [0.1, 0.15) is 23.8 Å². The summed E-state index contributed by atoms with van der Waals surface area (Å²) in [6.07, 6.45) is -0.334. The van der Waals surface area contributed by atoms with E-state index in [-0.39, 0.29) is 12.3 Å². The van der Waals surface area contributed by atoms with Gasteiger partial charge in [0.05, 0.1) is 16.7 Å². The second-order valence-corrected chi connectivity index (χ2v) is 15.9. The third-order valence-corrected chi connectivity index (χ3v) is 12.6. The lowest BCUT2D eigenvalue weighted by Crippen LogP contribution is -2.44. The van der Waals surface area contributed by atoms with E-state index >= 15 is 0 Å². The molecule has 0 saturated carbocycles. The number of thiophene rings is 1. The van der Waals surface area contributed by atoms with Crippen LogP contribution in [-0.4, -0.2) is 10.4 Å². The fourth-order valence-corrected chi connectivity index (χ4v) is 10.0. The van der Waals surface area contributed by atoms with Crippen molar-refractivity contribution in [1.82, 2.24) is 15.2 Å². The molecule has 6 heteroatoms. The van der Waals surface area contributed by atoms with Gasteiger partial charge in [-0.3, -0.25) is 5.32 Å². The number of nitrogens with zero attached hydrogens (tertiary/aromatic N) is 2. The highest BCUT2D eigenvalue weighted by Gasteiger charge is 2.27. The van der Waals surface area contributed by atoms with Crippen LogP contribution in [0.25, 0.3) is 80.7 Å². The molecule has 0 radical (unpaired) electrons. The van der Waals surface area contributed by atoms with E-state index < -0.39 is 0 Å². The van der Waals surface area contributed by atoms with E-state index in [4.69, 9.17) is 9.41 Å². The number of aromatic nitrogens is 1. The lowest BCUT2D eigenvalue weighted by molar-refractivity contribution is 0.410. The standard InChI is InChI=1S/C51H34N4OS/c1-3-13-31(14-4-1)49-52-50(32-15-5-2-6-16-32)54-51(53-49)39-20-12-24-45-47(39)38-27-25-34(30-46(38)57-45)33-26-28-44-40(29-33)37-19-11-23-43(48(37)56-44)55-41-21-9-7-17-35(41)36-18-8-10-22-42(36)55/h1-30,49,51,53H,(H,52,54). The first kappa shape index (κ1) is 32.3. The molecule has 8 aromatic carbocycles. The first-order valence-electron chi connectivity index (χ1n) is 19.4. The Morgan fingerprint density at radius 1 is 0.526 bits per heavy atom. The van der Waals surface area contributed by atoms with Crippen LogP contribution in [0.5, 0.6) is 0 Å². The van der Waals surface area contributed by atoms with Gasteiger partial charge in [0.2, 0.25) is 0 Å². The molecule has 0 amide bonds. The number of hydrogen-bond acceptors (Lipinski definition) is 5. The average Bonchev–Trinajstić information content (AvgIpc) is 3.96. The van der Waals surface area contributed by atoms with Gasteiger partial charge in [-0.25, -0.2) is 4.99 Å². The number of aliphatic imine (C=N–C) groups is 1. The van der Waals surface area contributed by atoms with Gasteiger partial charge in [-0.05, 0) is 59.2 Å². The van der Waals surface area contributed by atoms with Gasteiger partial charge in [-0.1, -0.05) is 140 Å². The fourth-order valence-electron chi connectivity index (χ4n) is 8.86. The van der Waals surface area contributed by atoms with Gasteiger partial charge >= 0.3 is 0 Å². The zero-order valence-corrected chi connectivity index (χ0v) is 31.5. The summed E-state index contributed by atoms with van der Waals surface area (Å²) in [5, 5.41) is 14.7. The van der Waals surface area contributed by atoms with E-state index in [2.05, 4.69) is 191 Å². The molecule has 1 aliphatic rings. The number of benzene rings is 8. The molecule has 2 N–H and O–H groups in total. The largest absolute Gasteiger partial charge is 0.454 e. The van der Waals surface area contributed by atoms with E-state index in [0.29, 0.717) is 0 Å². The number of rotatable bonds is 5. The summed E-state index contributed by atoms with van der Waals surface area (Å²) < 4.78 is 11.6. The Balaban J connectivity index is 0.959. The van der Waals surface area contributed by atoms with Crippen LogP contribution in [0, 0.1) is 0 Å². The van der Waals surface area contributed by atoms with Gasteiger partial charge in [-0.15, -0.1) is 11.3 Å². The molecule has 0 fully saturated rings. The highest BCUT2D eigenvalue weighted by molar-refractivity contribution is 7.25. The van der Waals surface area contributed by atoms with Crippen LogP contribution in [0.1, 0.15) is 29.0 Å². The van der Waals surface area contributed by atoms with Crippen molar-refractivity contribution in [1.29, 1.82) is 0 Å². The van der Waals surface area contributed by atoms with Crippen molar-refractivity contribution in [3.05, 3.63) is 199 Å². The number of amidine groups is 1. The Bertz CT molecular complexity index is 3320. The maximum Gasteiger partial charge on any atom is 0.159 e. The molecule has 0 bridgehead atoms. The molecule has 0 saturated heterocycles. The van der Waals surface area contributed by atoms with Crippen LogP contribution < -0.4 is 10.6 Å². The Morgan fingerprint density at radius 3 is 2.02 bits per heavy atom. The van der Waals surface area contributed by atoms with Crippen LogP contribution >= 0.6 is 11.3 Å². The van der Waals surface area contributed by atoms with Crippen molar-refractivity contribution in [3.8, 4) is 16.8 Å². The molecule has 3 aromatic heterocycles. The second-order valence-electron chi connectivity index (χ2n) is 14.8. The second kappa shape index (κ2) is 12.8. The highest BCUT2D eigenvalue weighted by atomic mass is 32.1. The summed E-state index contributed by atoms with van der Waals surface area (Å²) in [4.78, 5) is 5.29. The smallest absolute Gasteiger partial charge is 0.159 e.